The molecule has 0 aliphatic heterocycles. The summed E-state index contributed by atoms with van der Waals surface area (Å²) in [5, 5.41) is 14.4. The van der Waals surface area contributed by atoms with Crippen molar-refractivity contribution in [3.63, 3.8) is 0 Å². The smallest absolute Gasteiger partial charge is 0.238 e. The van der Waals surface area contributed by atoms with Gasteiger partial charge in [0.2, 0.25) is 5.91 Å². The van der Waals surface area contributed by atoms with Crippen LogP contribution in [0.25, 0.3) is 0 Å². The minimum absolute atomic E-state index is 0.161. The highest BCUT2D eigenvalue weighted by atomic mass is 19.1. The van der Waals surface area contributed by atoms with Crippen molar-refractivity contribution in [1.82, 2.24) is 5.32 Å². The number of anilines is 1. The maximum Gasteiger partial charge on any atom is 0.238 e. The van der Waals surface area contributed by atoms with E-state index in [4.69, 9.17) is 5.11 Å². The number of amides is 1. The van der Waals surface area contributed by atoms with Crippen LogP contribution in [0.15, 0.2) is 24.3 Å². The average Bonchev–Trinajstić information content (AvgIpc) is 2.36. The molecule has 4 nitrogen and oxygen atoms in total. The SMILES string of the molecule is CC(CCCO)NCC(=O)Nc1ccc(F)cc1. The topological polar surface area (TPSA) is 61.4 Å². The largest absolute Gasteiger partial charge is 0.396 e. The van der Waals surface area contributed by atoms with Gasteiger partial charge in [-0.15, -0.1) is 0 Å². The summed E-state index contributed by atoms with van der Waals surface area (Å²) in [5.74, 6) is -0.499. The van der Waals surface area contributed by atoms with Gasteiger partial charge in [0.25, 0.3) is 0 Å². The first kappa shape index (κ1) is 14.6. The summed E-state index contributed by atoms with van der Waals surface area (Å²) in [5.41, 5.74) is 0.575. The van der Waals surface area contributed by atoms with E-state index in [9.17, 15) is 9.18 Å². The second kappa shape index (κ2) is 7.79. The highest BCUT2D eigenvalue weighted by Crippen LogP contribution is 2.07. The molecule has 0 radical (unpaired) electrons. The summed E-state index contributed by atoms with van der Waals surface area (Å²) >= 11 is 0. The highest BCUT2D eigenvalue weighted by Gasteiger charge is 2.05. The first-order valence-corrected chi connectivity index (χ1v) is 6.01. The van der Waals surface area contributed by atoms with Crippen molar-refractivity contribution in [1.29, 1.82) is 0 Å². The van der Waals surface area contributed by atoms with Crippen molar-refractivity contribution in [2.24, 2.45) is 0 Å². The Labute approximate surface area is 106 Å². The van der Waals surface area contributed by atoms with E-state index in [1.54, 1.807) is 0 Å². The van der Waals surface area contributed by atoms with Gasteiger partial charge in [-0.2, -0.15) is 0 Å². The number of aliphatic hydroxyl groups excluding tert-OH is 1. The van der Waals surface area contributed by atoms with Crippen molar-refractivity contribution in [2.75, 3.05) is 18.5 Å². The molecule has 1 atom stereocenters. The number of hydrogen-bond donors (Lipinski definition) is 3. The summed E-state index contributed by atoms with van der Waals surface area (Å²) in [7, 11) is 0. The molecule has 1 rings (SSSR count). The summed E-state index contributed by atoms with van der Waals surface area (Å²) < 4.78 is 12.7. The molecule has 100 valence electrons. The normalized spacial score (nSPS) is 12.2. The third-order valence-corrected chi connectivity index (χ3v) is 2.53. The van der Waals surface area contributed by atoms with Crippen LogP contribution >= 0.6 is 0 Å². The van der Waals surface area contributed by atoms with Gasteiger partial charge in [0.05, 0.1) is 6.54 Å². The van der Waals surface area contributed by atoms with E-state index in [1.165, 1.54) is 24.3 Å². The first-order chi connectivity index (χ1) is 8.61. The lowest BCUT2D eigenvalue weighted by Crippen LogP contribution is -2.34. The monoisotopic (exact) mass is 254 g/mol. The van der Waals surface area contributed by atoms with Gasteiger partial charge in [0, 0.05) is 18.3 Å². The van der Waals surface area contributed by atoms with Crippen molar-refractivity contribution >= 4 is 11.6 Å². The number of halogens is 1. The van der Waals surface area contributed by atoms with Crippen LogP contribution in [-0.2, 0) is 4.79 Å². The molecular weight excluding hydrogens is 235 g/mol. The molecule has 3 N–H and O–H groups in total. The first-order valence-electron chi connectivity index (χ1n) is 6.01. The highest BCUT2D eigenvalue weighted by molar-refractivity contribution is 5.92. The van der Waals surface area contributed by atoms with Crippen LogP contribution in [0.2, 0.25) is 0 Å². The molecule has 0 saturated heterocycles. The van der Waals surface area contributed by atoms with Crippen molar-refractivity contribution in [3.8, 4) is 0 Å². The van der Waals surface area contributed by atoms with Crippen LogP contribution in [0.3, 0.4) is 0 Å². The Morgan fingerprint density at radius 2 is 2.06 bits per heavy atom. The van der Waals surface area contributed by atoms with Crippen LogP contribution in [-0.4, -0.2) is 30.2 Å². The zero-order valence-electron chi connectivity index (χ0n) is 10.4. The third kappa shape index (κ3) is 5.75. The molecule has 1 aromatic rings. The van der Waals surface area contributed by atoms with E-state index in [-0.39, 0.29) is 30.9 Å². The Hall–Kier alpha value is -1.46. The Balaban J connectivity index is 2.27. The Morgan fingerprint density at radius 3 is 2.67 bits per heavy atom. The van der Waals surface area contributed by atoms with Gasteiger partial charge in [0.1, 0.15) is 5.82 Å². The molecule has 1 unspecified atom stereocenters. The van der Waals surface area contributed by atoms with E-state index in [0.717, 1.165) is 6.42 Å². The summed E-state index contributed by atoms with van der Waals surface area (Å²) in [6.07, 6.45) is 1.54. The number of rotatable bonds is 7. The van der Waals surface area contributed by atoms with Crippen LogP contribution in [0.1, 0.15) is 19.8 Å². The molecule has 0 spiro atoms. The molecular formula is C13H19FN2O2. The molecule has 5 heteroatoms. The van der Waals surface area contributed by atoms with Gasteiger partial charge < -0.3 is 15.7 Å². The standard InChI is InChI=1S/C13H19FN2O2/c1-10(3-2-8-17)15-9-13(18)16-12-6-4-11(14)5-7-12/h4-7,10,15,17H,2-3,8-9H2,1H3,(H,16,18). The average molecular weight is 254 g/mol. The maximum atomic E-state index is 12.7. The number of hydrogen-bond acceptors (Lipinski definition) is 3. The van der Waals surface area contributed by atoms with Crippen LogP contribution in [0.4, 0.5) is 10.1 Å². The Morgan fingerprint density at radius 1 is 1.39 bits per heavy atom. The molecule has 1 aromatic carbocycles. The number of carbonyl (C=O) groups excluding carboxylic acids is 1. The Kier molecular flexibility index (Phi) is 6.32. The molecule has 0 heterocycles. The lowest BCUT2D eigenvalue weighted by molar-refractivity contribution is -0.115. The number of carbonyl (C=O) groups is 1. The number of nitrogens with one attached hydrogen (secondary N) is 2. The van der Waals surface area contributed by atoms with Crippen LogP contribution < -0.4 is 10.6 Å². The van der Waals surface area contributed by atoms with Gasteiger partial charge in [0.15, 0.2) is 0 Å². The molecule has 0 aromatic heterocycles. The van der Waals surface area contributed by atoms with E-state index in [2.05, 4.69) is 10.6 Å². The maximum absolute atomic E-state index is 12.7. The minimum atomic E-state index is -0.330. The fourth-order valence-corrected chi connectivity index (χ4v) is 1.50. The van der Waals surface area contributed by atoms with E-state index >= 15 is 0 Å². The summed E-state index contributed by atoms with van der Waals surface area (Å²) in [6, 6.07) is 5.81. The molecule has 0 aliphatic carbocycles. The summed E-state index contributed by atoms with van der Waals surface area (Å²) in [4.78, 5) is 11.6. The summed E-state index contributed by atoms with van der Waals surface area (Å²) in [6.45, 7) is 2.32. The molecule has 1 amide bonds. The molecule has 18 heavy (non-hydrogen) atoms. The van der Waals surface area contributed by atoms with Crippen LogP contribution in [0, 0.1) is 5.82 Å². The lowest BCUT2D eigenvalue weighted by atomic mass is 10.2. The second-order valence-electron chi connectivity index (χ2n) is 4.20. The van der Waals surface area contributed by atoms with Crippen molar-refractivity contribution in [2.45, 2.75) is 25.8 Å². The van der Waals surface area contributed by atoms with Crippen molar-refractivity contribution < 1.29 is 14.3 Å². The van der Waals surface area contributed by atoms with Gasteiger partial charge >= 0.3 is 0 Å². The third-order valence-electron chi connectivity index (χ3n) is 2.53. The fraction of sp³-hybridized carbons (Fsp3) is 0.462. The van der Waals surface area contributed by atoms with Gasteiger partial charge in [-0.05, 0) is 44.0 Å². The van der Waals surface area contributed by atoms with Gasteiger partial charge in [-0.1, -0.05) is 0 Å². The second-order valence-corrected chi connectivity index (χ2v) is 4.20. The van der Waals surface area contributed by atoms with E-state index in [1.807, 2.05) is 6.92 Å². The van der Waals surface area contributed by atoms with Gasteiger partial charge in [-0.25, -0.2) is 4.39 Å². The fourth-order valence-electron chi connectivity index (χ4n) is 1.50. The number of benzene rings is 1. The zero-order chi connectivity index (χ0) is 13.4. The van der Waals surface area contributed by atoms with Crippen LogP contribution in [0.5, 0.6) is 0 Å². The predicted molar refractivity (Wildman–Crippen MR) is 68.8 cm³/mol. The Bertz CT molecular complexity index is 368. The quantitative estimate of drug-likeness (QED) is 0.691. The molecule has 0 aliphatic rings. The van der Waals surface area contributed by atoms with Gasteiger partial charge in [-0.3, -0.25) is 4.79 Å². The zero-order valence-corrected chi connectivity index (χ0v) is 10.4. The molecule has 0 bridgehead atoms. The predicted octanol–water partition coefficient (Wildman–Crippen LogP) is 1.51. The number of aliphatic hydroxyl groups is 1. The lowest BCUT2D eigenvalue weighted by Gasteiger charge is -2.12. The van der Waals surface area contributed by atoms with E-state index in [0.29, 0.717) is 12.1 Å². The minimum Gasteiger partial charge on any atom is -0.396 e. The molecule has 0 saturated carbocycles. The van der Waals surface area contributed by atoms with E-state index < -0.39 is 0 Å². The molecule has 0 fully saturated rings. The van der Waals surface area contributed by atoms with Crippen molar-refractivity contribution in [3.05, 3.63) is 30.1 Å².